The van der Waals surface area contributed by atoms with E-state index in [0.29, 0.717) is 5.56 Å². The Kier molecular flexibility index (Phi) is 3.49. The summed E-state index contributed by atoms with van der Waals surface area (Å²) in [5.74, 6) is -0.0108. The fourth-order valence-corrected chi connectivity index (χ4v) is 3.10. The third-order valence-electron chi connectivity index (χ3n) is 4.15. The fourth-order valence-electron chi connectivity index (χ4n) is 3.10. The quantitative estimate of drug-likeness (QED) is 0.814. The lowest BCUT2D eigenvalue weighted by atomic mass is 9.77. The number of hydrogen-bond donors (Lipinski definition) is 1. The van der Waals surface area contributed by atoms with Gasteiger partial charge >= 0.3 is 6.18 Å². The van der Waals surface area contributed by atoms with E-state index in [2.05, 4.69) is 0 Å². The summed E-state index contributed by atoms with van der Waals surface area (Å²) >= 11 is 0. The van der Waals surface area contributed by atoms with Crippen molar-refractivity contribution in [3.05, 3.63) is 70.8 Å². The van der Waals surface area contributed by atoms with Gasteiger partial charge in [-0.25, -0.2) is 0 Å². The molecule has 21 heavy (non-hydrogen) atoms. The zero-order valence-electron chi connectivity index (χ0n) is 11.4. The number of nitrogens with two attached hydrogens (primary N) is 1. The molecule has 1 aliphatic rings. The average molecular weight is 291 g/mol. The highest BCUT2D eigenvalue weighted by Gasteiger charge is 2.32. The third-order valence-corrected chi connectivity index (χ3v) is 4.15. The molecule has 110 valence electrons. The van der Waals surface area contributed by atoms with Crippen LogP contribution < -0.4 is 5.73 Å². The van der Waals surface area contributed by atoms with Crippen LogP contribution >= 0.6 is 0 Å². The number of rotatable bonds is 1. The molecule has 0 amide bonds. The van der Waals surface area contributed by atoms with Crippen molar-refractivity contribution >= 4 is 0 Å². The highest BCUT2D eigenvalue weighted by Crippen LogP contribution is 2.41. The Morgan fingerprint density at radius 1 is 0.905 bits per heavy atom. The maximum absolute atomic E-state index is 12.9. The highest BCUT2D eigenvalue weighted by molar-refractivity contribution is 5.42. The second-order valence-corrected chi connectivity index (χ2v) is 5.49. The fraction of sp³-hybridized carbons (Fsp3) is 0.294. The first-order valence-electron chi connectivity index (χ1n) is 6.98. The molecule has 2 aromatic carbocycles. The first kappa shape index (κ1) is 14.1. The Morgan fingerprint density at radius 3 is 2.33 bits per heavy atom. The minimum Gasteiger partial charge on any atom is -0.324 e. The lowest BCUT2D eigenvalue weighted by Gasteiger charge is -2.30. The van der Waals surface area contributed by atoms with E-state index < -0.39 is 11.7 Å². The van der Waals surface area contributed by atoms with Crippen LogP contribution in [-0.2, 0) is 6.18 Å². The lowest BCUT2D eigenvalue weighted by molar-refractivity contribution is -0.137. The maximum atomic E-state index is 12.9. The van der Waals surface area contributed by atoms with Crippen molar-refractivity contribution in [2.75, 3.05) is 0 Å². The van der Waals surface area contributed by atoms with Gasteiger partial charge in [0.2, 0.25) is 0 Å². The Hall–Kier alpha value is -1.81. The van der Waals surface area contributed by atoms with Gasteiger partial charge in [-0.15, -0.1) is 0 Å². The van der Waals surface area contributed by atoms with Crippen LogP contribution in [0, 0.1) is 0 Å². The molecule has 0 saturated carbocycles. The van der Waals surface area contributed by atoms with Gasteiger partial charge in [0, 0.05) is 12.0 Å². The first-order valence-corrected chi connectivity index (χ1v) is 6.98. The molecule has 0 spiro atoms. The van der Waals surface area contributed by atoms with Crippen molar-refractivity contribution in [1.29, 1.82) is 0 Å². The van der Waals surface area contributed by atoms with E-state index in [4.69, 9.17) is 5.73 Å². The predicted molar refractivity (Wildman–Crippen MR) is 75.9 cm³/mol. The van der Waals surface area contributed by atoms with Crippen LogP contribution in [0.4, 0.5) is 13.2 Å². The van der Waals surface area contributed by atoms with Crippen LogP contribution in [0.3, 0.4) is 0 Å². The van der Waals surface area contributed by atoms with E-state index >= 15 is 0 Å². The molecule has 2 aromatic rings. The van der Waals surface area contributed by atoms with Gasteiger partial charge in [-0.3, -0.25) is 0 Å². The minimum atomic E-state index is -4.30. The largest absolute Gasteiger partial charge is 0.416 e. The number of fused-ring (bicyclic) bond motifs is 1. The smallest absolute Gasteiger partial charge is 0.324 e. The van der Waals surface area contributed by atoms with Crippen molar-refractivity contribution in [2.24, 2.45) is 5.73 Å². The van der Waals surface area contributed by atoms with Crippen LogP contribution in [0.5, 0.6) is 0 Å². The van der Waals surface area contributed by atoms with Crippen LogP contribution in [0.2, 0.25) is 0 Å². The van der Waals surface area contributed by atoms with E-state index in [1.807, 2.05) is 24.3 Å². The number of benzene rings is 2. The number of alkyl halides is 3. The second-order valence-electron chi connectivity index (χ2n) is 5.49. The molecule has 0 bridgehead atoms. The van der Waals surface area contributed by atoms with Crippen molar-refractivity contribution in [2.45, 2.75) is 31.0 Å². The molecule has 4 heteroatoms. The SMILES string of the molecule is NC1CC[C@@H](c2cccc(C(F)(F)F)c2)c2ccccc21. The van der Waals surface area contributed by atoms with E-state index in [9.17, 15) is 13.2 Å². The molecule has 0 saturated heterocycles. The summed E-state index contributed by atoms with van der Waals surface area (Å²) in [7, 11) is 0. The molecule has 0 aromatic heterocycles. The topological polar surface area (TPSA) is 26.0 Å². The number of halogens is 3. The van der Waals surface area contributed by atoms with Crippen LogP contribution in [0.1, 0.15) is 47.1 Å². The summed E-state index contributed by atoms with van der Waals surface area (Å²) in [5, 5.41) is 0. The van der Waals surface area contributed by atoms with Gasteiger partial charge in [0.05, 0.1) is 5.56 Å². The van der Waals surface area contributed by atoms with E-state index in [1.165, 1.54) is 12.1 Å². The molecular weight excluding hydrogens is 275 g/mol. The summed E-state index contributed by atoms with van der Waals surface area (Å²) < 4.78 is 38.6. The van der Waals surface area contributed by atoms with Gasteiger partial charge in [-0.2, -0.15) is 13.2 Å². The van der Waals surface area contributed by atoms with Crippen LogP contribution in [0.25, 0.3) is 0 Å². The zero-order valence-corrected chi connectivity index (χ0v) is 11.4. The predicted octanol–water partition coefficient (Wildman–Crippen LogP) is 4.63. The van der Waals surface area contributed by atoms with E-state index in [0.717, 1.165) is 30.0 Å². The Bertz CT molecular complexity index is 648. The Morgan fingerprint density at radius 2 is 1.62 bits per heavy atom. The normalized spacial score (nSPS) is 21.9. The van der Waals surface area contributed by atoms with Crippen LogP contribution in [-0.4, -0.2) is 0 Å². The maximum Gasteiger partial charge on any atom is 0.416 e. The summed E-state index contributed by atoms with van der Waals surface area (Å²) in [6.07, 6.45) is -2.74. The van der Waals surface area contributed by atoms with Crippen molar-refractivity contribution in [1.82, 2.24) is 0 Å². The standard InChI is InChI=1S/C17H16F3N/c18-17(19,20)12-5-3-4-11(10-12)13-8-9-16(21)15-7-2-1-6-14(13)15/h1-7,10,13,16H,8-9,21H2/t13-,16?/m0/s1. The van der Waals surface area contributed by atoms with Gasteiger partial charge < -0.3 is 5.73 Å². The monoisotopic (exact) mass is 291 g/mol. The third kappa shape index (κ3) is 2.68. The van der Waals surface area contributed by atoms with Gasteiger partial charge in [-0.1, -0.05) is 42.5 Å². The minimum absolute atomic E-state index is 0.0108. The van der Waals surface area contributed by atoms with Gasteiger partial charge in [0.25, 0.3) is 0 Å². The van der Waals surface area contributed by atoms with Crippen LogP contribution in [0.15, 0.2) is 48.5 Å². The summed E-state index contributed by atoms with van der Waals surface area (Å²) in [6, 6.07) is 13.4. The molecule has 2 atom stereocenters. The molecule has 1 aliphatic carbocycles. The van der Waals surface area contributed by atoms with Crippen molar-refractivity contribution < 1.29 is 13.2 Å². The van der Waals surface area contributed by atoms with Gasteiger partial charge in [0.15, 0.2) is 0 Å². The molecule has 0 fully saturated rings. The van der Waals surface area contributed by atoms with Crippen molar-refractivity contribution in [3.63, 3.8) is 0 Å². The highest BCUT2D eigenvalue weighted by atomic mass is 19.4. The van der Waals surface area contributed by atoms with Crippen molar-refractivity contribution in [3.8, 4) is 0 Å². The average Bonchev–Trinajstić information content (AvgIpc) is 2.47. The molecule has 2 N–H and O–H groups in total. The molecule has 0 radical (unpaired) electrons. The lowest BCUT2D eigenvalue weighted by Crippen LogP contribution is -2.21. The summed E-state index contributed by atoms with van der Waals surface area (Å²) in [4.78, 5) is 0. The summed E-state index contributed by atoms with van der Waals surface area (Å²) in [6.45, 7) is 0. The molecule has 3 rings (SSSR count). The van der Waals surface area contributed by atoms with Gasteiger partial charge in [0.1, 0.15) is 0 Å². The number of hydrogen-bond acceptors (Lipinski definition) is 1. The van der Waals surface area contributed by atoms with E-state index in [1.54, 1.807) is 6.07 Å². The molecule has 0 aliphatic heterocycles. The zero-order chi connectivity index (χ0) is 15.0. The first-order chi connectivity index (χ1) is 9.97. The second kappa shape index (κ2) is 5.19. The Balaban J connectivity index is 2.04. The van der Waals surface area contributed by atoms with E-state index in [-0.39, 0.29) is 12.0 Å². The molecule has 1 nitrogen and oxygen atoms in total. The molecular formula is C17H16F3N. The Labute approximate surface area is 121 Å². The summed E-state index contributed by atoms with van der Waals surface area (Å²) in [5.41, 5.74) is 8.33. The molecule has 1 unspecified atom stereocenters. The van der Waals surface area contributed by atoms with Gasteiger partial charge in [-0.05, 0) is 35.6 Å². The molecule has 0 heterocycles.